The number of para-hydroxylation sites is 1. The highest BCUT2D eigenvalue weighted by Gasteiger charge is 2.32. The van der Waals surface area contributed by atoms with Gasteiger partial charge < -0.3 is 19.1 Å². The van der Waals surface area contributed by atoms with Crippen molar-refractivity contribution >= 4 is 29.5 Å². The minimum absolute atomic E-state index is 0.0232. The van der Waals surface area contributed by atoms with Crippen molar-refractivity contribution in [3.8, 4) is 5.75 Å². The number of carbonyl (C=O) groups is 4. The van der Waals surface area contributed by atoms with Crippen LogP contribution in [-0.2, 0) is 40.2 Å². The molecule has 2 aromatic rings. The molecule has 37 heavy (non-hydrogen) atoms. The van der Waals surface area contributed by atoms with Gasteiger partial charge in [-0.1, -0.05) is 47.6 Å². The minimum atomic E-state index is -0.642. The zero-order chi connectivity index (χ0) is 26.6. The normalized spacial score (nSPS) is 13.5. The Morgan fingerprint density at radius 3 is 2.38 bits per heavy atom. The van der Waals surface area contributed by atoms with E-state index in [1.807, 2.05) is 43.3 Å². The molecule has 1 heterocycles. The van der Waals surface area contributed by atoms with Gasteiger partial charge in [0.05, 0.1) is 7.11 Å². The number of rotatable bonds is 13. The molecule has 0 aromatic heterocycles. The topological polar surface area (TPSA) is 121 Å². The lowest BCUT2D eigenvalue weighted by atomic mass is 10.0. The zero-order valence-electron chi connectivity index (χ0n) is 20.9. The summed E-state index contributed by atoms with van der Waals surface area (Å²) in [7, 11) is 1.27. The first-order valence-corrected chi connectivity index (χ1v) is 12.0. The highest BCUT2D eigenvalue weighted by molar-refractivity contribution is 6.43. The summed E-state index contributed by atoms with van der Waals surface area (Å²) in [6.07, 6.45) is 1.82. The predicted molar refractivity (Wildman–Crippen MR) is 132 cm³/mol. The molecule has 0 radical (unpaired) electrons. The number of esters is 1. The van der Waals surface area contributed by atoms with Crippen molar-refractivity contribution in [1.82, 2.24) is 5.06 Å². The number of nitrogens with zero attached hydrogens (tertiary/aromatic N) is 2. The van der Waals surface area contributed by atoms with Crippen LogP contribution in [0.25, 0.3) is 0 Å². The Morgan fingerprint density at radius 2 is 1.65 bits per heavy atom. The highest BCUT2D eigenvalue weighted by atomic mass is 16.7. The van der Waals surface area contributed by atoms with Crippen LogP contribution >= 0.6 is 0 Å². The van der Waals surface area contributed by atoms with Gasteiger partial charge in [0.2, 0.25) is 0 Å². The van der Waals surface area contributed by atoms with E-state index < -0.39 is 23.8 Å². The standard InChI is InChI=1S/C27H30N2O8/c1-19-10-5-8-13-22(19)35-18-20-11-6-7-12-21(20)26(27(33)34-2)28-36-17-9-3-4-14-25(32)37-29-23(30)15-16-24(29)31/h5-8,10-13H,3-4,9,14-18H2,1-2H3/b28-26+. The Morgan fingerprint density at radius 1 is 0.946 bits per heavy atom. The molecule has 0 aliphatic carbocycles. The predicted octanol–water partition coefficient (Wildman–Crippen LogP) is 3.64. The van der Waals surface area contributed by atoms with Gasteiger partial charge in [0, 0.05) is 24.8 Å². The fourth-order valence-electron chi connectivity index (χ4n) is 3.57. The maximum Gasteiger partial charge on any atom is 0.360 e. The van der Waals surface area contributed by atoms with Crippen molar-refractivity contribution in [3.63, 3.8) is 0 Å². The maximum atomic E-state index is 12.4. The van der Waals surface area contributed by atoms with Crippen molar-refractivity contribution in [2.45, 2.75) is 52.1 Å². The Bertz CT molecular complexity index is 1140. The number of benzene rings is 2. The van der Waals surface area contributed by atoms with E-state index in [2.05, 4.69) is 5.16 Å². The molecular formula is C27H30N2O8. The Hall–Kier alpha value is -4.21. The molecule has 1 aliphatic heterocycles. The third-order valence-electron chi connectivity index (χ3n) is 5.60. The summed E-state index contributed by atoms with van der Waals surface area (Å²) in [5.74, 6) is -1.55. The molecule has 196 valence electrons. The van der Waals surface area contributed by atoms with Gasteiger partial charge in [-0.05, 0) is 43.4 Å². The van der Waals surface area contributed by atoms with Crippen molar-refractivity contribution < 1.29 is 38.3 Å². The van der Waals surface area contributed by atoms with Crippen molar-refractivity contribution in [3.05, 3.63) is 65.2 Å². The van der Waals surface area contributed by atoms with Crippen LogP contribution < -0.4 is 4.74 Å². The molecule has 1 saturated heterocycles. The van der Waals surface area contributed by atoms with E-state index in [-0.39, 0.29) is 38.2 Å². The molecule has 10 nitrogen and oxygen atoms in total. The lowest BCUT2D eigenvalue weighted by Crippen LogP contribution is -2.31. The first kappa shape index (κ1) is 27.4. The van der Waals surface area contributed by atoms with Gasteiger partial charge >= 0.3 is 11.9 Å². The number of imide groups is 1. The number of ether oxygens (including phenoxy) is 2. The number of hydroxylamine groups is 2. The highest BCUT2D eigenvalue weighted by Crippen LogP contribution is 2.20. The molecule has 3 rings (SSSR count). The van der Waals surface area contributed by atoms with E-state index in [0.717, 1.165) is 16.9 Å². The minimum Gasteiger partial charge on any atom is -0.489 e. The van der Waals surface area contributed by atoms with Crippen LogP contribution in [0.1, 0.15) is 55.2 Å². The van der Waals surface area contributed by atoms with Crippen molar-refractivity contribution in [2.24, 2.45) is 5.16 Å². The van der Waals surface area contributed by atoms with E-state index in [1.165, 1.54) is 7.11 Å². The number of hydrogen-bond acceptors (Lipinski definition) is 9. The summed E-state index contributed by atoms with van der Waals surface area (Å²) in [5.41, 5.74) is 2.30. The zero-order valence-corrected chi connectivity index (χ0v) is 20.9. The second-order valence-corrected chi connectivity index (χ2v) is 8.33. The summed E-state index contributed by atoms with van der Waals surface area (Å²) >= 11 is 0. The van der Waals surface area contributed by atoms with E-state index in [0.29, 0.717) is 29.9 Å². The molecule has 0 bridgehead atoms. The van der Waals surface area contributed by atoms with Gasteiger partial charge in [0.25, 0.3) is 11.8 Å². The van der Waals surface area contributed by atoms with E-state index in [9.17, 15) is 19.2 Å². The van der Waals surface area contributed by atoms with Crippen LogP contribution in [0, 0.1) is 6.92 Å². The van der Waals surface area contributed by atoms with Crippen molar-refractivity contribution in [1.29, 1.82) is 0 Å². The largest absolute Gasteiger partial charge is 0.489 e. The molecule has 0 atom stereocenters. The van der Waals surface area contributed by atoms with E-state index in [1.54, 1.807) is 12.1 Å². The van der Waals surface area contributed by atoms with Crippen LogP contribution in [0.3, 0.4) is 0 Å². The number of amides is 2. The smallest absolute Gasteiger partial charge is 0.360 e. The van der Waals surface area contributed by atoms with E-state index >= 15 is 0 Å². The van der Waals surface area contributed by atoms with Gasteiger partial charge in [-0.25, -0.2) is 9.59 Å². The molecule has 1 aliphatic rings. The SMILES string of the molecule is COC(=O)/C(=N/OCCCCCC(=O)ON1C(=O)CCC1=O)c1ccccc1COc1ccccc1C. The molecule has 1 fully saturated rings. The Labute approximate surface area is 215 Å². The lowest BCUT2D eigenvalue weighted by molar-refractivity contribution is -0.197. The summed E-state index contributed by atoms with van der Waals surface area (Å²) in [6, 6.07) is 14.9. The van der Waals surface area contributed by atoms with Gasteiger partial charge in [-0.2, -0.15) is 0 Å². The van der Waals surface area contributed by atoms with Gasteiger partial charge in [0.1, 0.15) is 19.0 Å². The molecule has 10 heteroatoms. The Kier molecular flexibility index (Phi) is 10.2. The number of aryl methyl sites for hydroxylation is 1. The van der Waals surface area contributed by atoms with Crippen LogP contribution in [0.2, 0.25) is 0 Å². The van der Waals surface area contributed by atoms with E-state index in [4.69, 9.17) is 19.1 Å². The summed E-state index contributed by atoms with van der Waals surface area (Å²) in [6.45, 7) is 2.39. The lowest BCUT2D eigenvalue weighted by Gasteiger charge is -2.13. The average Bonchev–Trinajstić information content (AvgIpc) is 3.21. The second-order valence-electron chi connectivity index (χ2n) is 8.33. The van der Waals surface area contributed by atoms with Crippen LogP contribution in [0.4, 0.5) is 0 Å². The van der Waals surface area contributed by atoms with Gasteiger partial charge in [-0.3, -0.25) is 9.59 Å². The fourth-order valence-corrected chi connectivity index (χ4v) is 3.57. The molecular weight excluding hydrogens is 480 g/mol. The van der Waals surface area contributed by atoms with Crippen LogP contribution in [0.5, 0.6) is 5.75 Å². The molecule has 0 unspecified atom stereocenters. The summed E-state index contributed by atoms with van der Waals surface area (Å²) < 4.78 is 10.8. The quantitative estimate of drug-likeness (QED) is 0.132. The first-order chi connectivity index (χ1) is 17.9. The molecule has 0 N–H and O–H groups in total. The molecule has 2 amide bonds. The molecule has 0 spiro atoms. The van der Waals surface area contributed by atoms with Gasteiger partial charge in [0.15, 0.2) is 5.71 Å². The Balaban J connectivity index is 1.50. The fraction of sp³-hybridized carbons (Fsp3) is 0.370. The van der Waals surface area contributed by atoms with Crippen molar-refractivity contribution in [2.75, 3.05) is 13.7 Å². The number of carbonyl (C=O) groups excluding carboxylic acids is 4. The molecule has 2 aromatic carbocycles. The number of hydrogen-bond donors (Lipinski definition) is 0. The van der Waals surface area contributed by atoms with Crippen LogP contribution in [0.15, 0.2) is 53.7 Å². The van der Waals surface area contributed by atoms with Crippen LogP contribution in [-0.4, -0.2) is 48.2 Å². The number of oxime groups is 1. The first-order valence-electron chi connectivity index (χ1n) is 12.0. The summed E-state index contributed by atoms with van der Waals surface area (Å²) in [4.78, 5) is 57.5. The second kappa shape index (κ2) is 13.8. The van der Waals surface area contributed by atoms with Gasteiger partial charge in [-0.15, -0.1) is 5.06 Å². The third kappa shape index (κ3) is 7.89. The maximum absolute atomic E-state index is 12.4. The number of unbranched alkanes of at least 4 members (excludes halogenated alkanes) is 2. The summed E-state index contributed by atoms with van der Waals surface area (Å²) in [5, 5.41) is 4.57. The molecule has 0 saturated carbocycles. The number of methoxy groups -OCH3 is 1. The third-order valence-corrected chi connectivity index (χ3v) is 5.60. The monoisotopic (exact) mass is 510 g/mol. The average molecular weight is 511 g/mol.